The maximum absolute atomic E-state index is 13.2. The van der Waals surface area contributed by atoms with E-state index >= 15 is 0 Å². The Balaban J connectivity index is 1.40. The lowest BCUT2D eigenvalue weighted by Gasteiger charge is -2.32. The fourth-order valence-corrected chi connectivity index (χ4v) is 4.26. The Bertz CT molecular complexity index is 883. The Labute approximate surface area is 166 Å². The van der Waals surface area contributed by atoms with Crippen LogP contribution in [0.2, 0.25) is 0 Å². The number of amides is 1. The number of ether oxygens (including phenoxy) is 1. The minimum absolute atomic E-state index is 0.00622. The van der Waals surface area contributed by atoms with Crippen LogP contribution in [-0.4, -0.2) is 36.5 Å². The maximum Gasteiger partial charge on any atom is 0.310 e. The van der Waals surface area contributed by atoms with Crippen LogP contribution in [0.5, 0.6) is 0 Å². The third-order valence-electron chi connectivity index (χ3n) is 5.90. The molecule has 1 aliphatic heterocycles. The van der Waals surface area contributed by atoms with Crippen LogP contribution < -0.4 is 0 Å². The number of fused-ring (bicyclic) bond motifs is 1. The van der Waals surface area contributed by atoms with E-state index in [0.29, 0.717) is 31.2 Å². The smallest absolute Gasteiger partial charge is 0.310 e. The van der Waals surface area contributed by atoms with Crippen molar-refractivity contribution in [2.45, 2.75) is 32.1 Å². The van der Waals surface area contributed by atoms with Crippen molar-refractivity contribution in [3.63, 3.8) is 0 Å². The molecule has 146 valence electrons. The fourth-order valence-electron chi connectivity index (χ4n) is 4.26. The first-order valence-corrected chi connectivity index (χ1v) is 10.3. The summed E-state index contributed by atoms with van der Waals surface area (Å²) in [4.78, 5) is 27.6. The summed E-state index contributed by atoms with van der Waals surface area (Å²) in [6, 6.07) is 13.7. The number of piperidine rings is 1. The molecule has 1 saturated heterocycles. The zero-order valence-electron chi connectivity index (χ0n) is 16.2. The molecule has 1 amide bonds. The SMILES string of the molecule is O=C(OCC1CC=CCC1)C1CCCN(C(=O)c2cccc3ccccc23)C1. The molecule has 4 heteroatoms. The highest BCUT2D eigenvalue weighted by atomic mass is 16.5. The van der Waals surface area contributed by atoms with Crippen molar-refractivity contribution in [1.82, 2.24) is 4.90 Å². The Morgan fingerprint density at radius 3 is 2.75 bits per heavy atom. The molecule has 4 nitrogen and oxygen atoms in total. The van der Waals surface area contributed by atoms with Crippen LogP contribution in [0.15, 0.2) is 54.6 Å². The van der Waals surface area contributed by atoms with Crippen LogP contribution in [0.4, 0.5) is 0 Å². The first-order valence-electron chi connectivity index (χ1n) is 10.3. The number of likely N-dealkylation sites (tertiary alicyclic amines) is 1. The van der Waals surface area contributed by atoms with E-state index in [2.05, 4.69) is 12.2 Å². The number of hydrogen-bond donors (Lipinski definition) is 0. The molecule has 1 heterocycles. The molecule has 0 N–H and O–H groups in total. The Hall–Kier alpha value is -2.62. The number of carbonyl (C=O) groups excluding carboxylic acids is 2. The molecule has 28 heavy (non-hydrogen) atoms. The van der Waals surface area contributed by atoms with Gasteiger partial charge in [0.05, 0.1) is 12.5 Å². The Kier molecular flexibility index (Phi) is 5.75. The van der Waals surface area contributed by atoms with E-state index in [4.69, 9.17) is 4.74 Å². The second-order valence-electron chi connectivity index (χ2n) is 7.90. The summed E-state index contributed by atoms with van der Waals surface area (Å²) in [7, 11) is 0. The second kappa shape index (κ2) is 8.59. The van der Waals surface area contributed by atoms with Crippen LogP contribution in [0.3, 0.4) is 0 Å². The third-order valence-corrected chi connectivity index (χ3v) is 5.90. The number of benzene rings is 2. The average Bonchev–Trinajstić information content (AvgIpc) is 2.77. The minimum atomic E-state index is -0.216. The zero-order valence-corrected chi connectivity index (χ0v) is 16.2. The molecule has 0 saturated carbocycles. The maximum atomic E-state index is 13.2. The monoisotopic (exact) mass is 377 g/mol. The quantitative estimate of drug-likeness (QED) is 0.578. The largest absolute Gasteiger partial charge is 0.465 e. The standard InChI is InChI=1S/C24H27NO3/c26-23(22-14-6-11-19-10-4-5-13-21(19)22)25-15-7-12-20(16-25)24(27)28-17-18-8-2-1-3-9-18/h1-2,4-6,10-11,13-14,18,20H,3,7-9,12,15-17H2. The summed E-state index contributed by atoms with van der Waals surface area (Å²) in [5.74, 6) is 0.0782. The second-order valence-corrected chi connectivity index (χ2v) is 7.90. The van der Waals surface area contributed by atoms with Crippen molar-refractivity contribution in [3.8, 4) is 0 Å². The van der Waals surface area contributed by atoms with Crippen molar-refractivity contribution < 1.29 is 14.3 Å². The zero-order chi connectivity index (χ0) is 19.3. The minimum Gasteiger partial charge on any atom is -0.465 e. The van der Waals surface area contributed by atoms with Gasteiger partial charge in [-0.3, -0.25) is 9.59 Å². The van der Waals surface area contributed by atoms with E-state index in [1.807, 2.05) is 47.4 Å². The third kappa shape index (κ3) is 4.11. The van der Waals surface area contributed by atoms with Gasteiger partial charge in [0.25, 0.3) is 5.91 Å². The van der Waals surface area contributed by atoms with Gasteiger partial charge in [-0.05, 0) is 54.9 Å². The highest BCUT2D eigenvalue weighted by Crippen LogP contribution is 2.25. The summed E-state index contributed by atoms with van der Waals surface area (Å²) >= 11 is 0. The van der Waals surface area contributed by atoms with E-state index in [-0.39, 0.29) is 17.8 Å². The number of rotatable bonds is 4. The van der Waals surface area contributed by atoms with Crippen LogP contribution in [0.25, 0.3) is 10.8 Å². The molecule has 1 aliphatic carbocycles. The normalized spacial score (nSPS) is 22.2. The van der Waals surface area contributed by atoms with Crippen molar-refractivity contribution in [2.75, 3.05) is 19.7 Å². The number of nitrogens with zero attached hydrogens (tertiary/aromatic N) is 1. The van der Waals surface area contributed by atoms with E-state index in [0.717, 1.165) is 42.9 Å². The number of allylic oxidation sites excluding steroid dienone is 2. The van der Waals surface area contributed by atoms with Gasteiger partial charge in [-0.1, -0.05) is 48.6 Å². The van der Waals surface area contributed by atoms with Gasteiger partial charge in [0.2, 0.25) is 0 Å². The summed E-state index contributed by atoms with van der Waals surface area (Å²) in [6.07, 6.45) is 9.14. The van der Waals surface area contributed by atoms with Crippen molar-refractivity contribution >= 4 is 22.6 Å². The number of esters is 1. The van der Waals surface area contributed by atoms with E-state index in [9.17, 15) is 9.59 Å². The topological polar surface area (TPSA) is 46.6 Å². The van der Waals surface area contributed by atoms with Crippen LogP contribution in [0.1, 0.15) is 42.5 Å². The summed E-state index contributed by atoms with van der Waals surface area (Å²) < 4.78 is 5.61. The molecule has 0 radical (unpaired) electrons. The lowest BCUT2D eigenvalue weighted by Crippen LogP contribution is -2.43. The Morgan fingerprint density at radius 2 is 1.89 bits per heavy atom. The van der Waals surface area contributed by atoms with Gasteiger partial charge in [0.15, 0.2) is 0 Å². The van der Waals surface area contributed by atoms with Gasteiger partial charge >= 0.3 is 5.97 Å². The van der Waals surface area contributed by atoms with Gasteiger partial charge in [0.1, 0.15) is 0 Å². The van der Waals surface area contributed by atoms with Gasteiger partial charge in [0, 0.05) is 18.7 Å². The molecule has 1 fully saturated rings. The molecule has 2 unspecified atom stereocenters. The van der Waals surface area contributed by atoms with Crippen molar-refractivity contribution in [3.05, 3.63) is 60.2 Å². The molecule has 4 rings (SSSR count). The molecule has 0 aromatic heterocycles. The Morgan fingerprint density at radius 1 is 1.04 bits per heavy atom. The molecule has 0 bridgehead atoms. The average molecular weight is 377 g/mol. The highest BCUT2D eigenvalue weighted by molar-refractivity contribution is 6.07. The summed E-state index contributed by atoms with van der Waals surface area (Å²) in [5.41, 5.74) is 0.709. The van der Waals surface area contributed by atoms with Crippen molar-refractivity contribution in [2.24, 2.45) is 11.8 Å². The molecule has 0 spiro atoms. The molecule has 2 atom stereocenters. The molecular formula is C24H27NO3. The lowest BCUT2D eigenvalue weighted by molar-refractivity contribution is -0.151. The summed E-state index contributed by atoms with van der Waals surface area (Å²) in [6.45, 7) is 1.64. The molecular weight excluding hydrogens is 350 g/mol. The molecule has 2 aromatic rings. The van der Waals surface area contributed by atoms with E-state index in [1.54, 1.807) is 0 Å². The van der Waals surface area contributed by atoms with E-state index < -0.39 is 0 Å². The van der Waals surface area contributed by atoms with Crippen LogP contribution in [-0.2, 0) is 9.53 Å². The highest BCUT2D eigenvalue weighted by Gasteiger charge is 2.30. The summed E-state index contributed by atoms with van der Waals surface area (Å²) in [5, 5.41) is 2.02. The lowest BCUT2D eigenvalue weighted by atomic mass is 9.94. The predicted molar refractivity (Wildman–Crippen MR) is 110 cm³/mol. The number of carbonyl (C=O) groups is 2. The van der Waals surface area contributed by atoms with Crippen LogP contribution in [0, 0.1) is 11.8 Å². The number of hydrogen-bond acceptors (Lipinski definition) is 3. The van der Waals surface area contributed by atoms with Crippen LogP contribution >= 0.6 is 0 Å². The predicted octanol–water partition coefficient (Wildman–Crippen LogP) is 4.59. The fraction of sp³-hybridized carbons (Fsp3) is 0.417. The van der Waals surface area contributed by atoms with Gasteiger partial charge < -0.3 is 9.64 Å². The van der Waals surface area contributed by atoms with Gasteiger partial charge in [-0.15, -0.1) is 0 Å². The first-order chi connectivity index (χ1) is 13.7. The molecule has 2 aliphatic rings. The van der Waals surface area contributed by atoms with Crippen molar-refractivity contribution in [1.29, 1.82) is 0 Å². The first kappa shape index (κ1) is 18.7. The molecule has 2 aromatic carbocycles. The van der Waals surface area contributed by atoms with Gasteiger partial charge in [-0.2, -0.15) is 0 Å². The van der Waals surface area contributed by atoms with Gasteiger partial charge in [-0.25, -0.2) is 0 Å². The van der Waals surface area contributed by atoms with E-state index in [1.165, 1.54) is 0 Å².